The van der Waals surface area contributed by atoms with E-state index in [1.807, 2.05) is 24.3 Å². The van der Waals surface area contributed by atoms with Gasteiger partial charge < -0.3 is 15.4 Å². The second kappa shape index (κ2) is 6.42. The number of rotatable bonds is 3. The number of H-pyrrole nitrogens is 1. The highest BCUT2D eigenvalue weighted by molar-refractivity contribution is 5.92. The lowest BCUT2D eigenvalue weighted by atomic mass is 10.0. The largest absolute Gasteiger partial charge is 0.387 e. The maximum atomic E-state index is 12.1. The van der Waals surface area contributed by atoms with E-state index in [9.17, 15) is 9.90 Å². The van der Waals surface area contributed by atoms with Crippen molar-refractivity contribution in [2.45, 2.75) is 37.5 Å². The van der Waals surface area contributed by atoms with Crippen molar-refractivity contribution < 1.29 is 9.90 Å². The van der Waals surface area contributed by atoms with Crippen molar-refractivity contribution >= 4 is 5.91 Å². The summed E-state index contributed by atoms with van der Waals surface area (Å²) < 4.78 is 0. The molecular weight excluding hydrogens is 302 g/mol. The van der Waals surface area contributed by atoms with Gasteiger partial charge in [0.05, 0.1) is 6.10 Å². The first kappa shape index (κ1) is 15.4. The van der Waals surface area contributed by atoms with Crippen LogP contribution < -0.4 is 5.32 Å². The zero-order valence-corrected chi connectivity index (χ0v) is 13.6. The fourth-order valence-corrected chi connectivity index (χ4v) is 3.99. The number of aliphatic hydroxyl groups excluding tert-OH is 1. The number of aromatic nitrogens is 1. The molecule has 1 aromatic carbocycles. The summed E-state index contributed by atoms with van der Waals surface area (Å²) in [6.45, 7) is 1.82. The van der Waals surface area contributed by atoms with Gasteiger partial charge >= 0.3 is 0 Å². The van der Waals surface area contributed by atoms with Crippen LogP contribution in [0.2, 0.25) is 0 Å². The van der Waals surface area contributed by atoms with Crippen molar-refractivity contribution in [3.05, 3.63) is 59.4 Å². The highest BCUT2D eigenvalue weighted by atomic mass is 16.3. The number of carbonyl (C=O) groups excluding carboxylic acids is 1. The molecule has 1 aromatic heterocycles. The Bertz CT molecular complexity index is 705. The Kier molecular flexibility index (Phi) is 4.12. The molecule has 5 heteroatoms. The van der Waals surface area contributed by atoms with Crippen LogP contribution in [0.3, 0.4) is 0 Å². The Morgan fingerprint density at radius 3 is 2.67 bits per heavy atom. The number of benzene rings is 1. The van der Waals surface area contributed by atoms with Crippen LogP contribution >= 0.6 is 0 Å². The maximum Gasteiger partial charge on any atom is 0.267 e. The third-order valence-corrected chi connectivity index (χ3v) is 5.34. The third-order valence-electron chi connectivity index (χ3n) is 5.34. The monoisotopic (exact) mass is 325 g/mol. The van der Waals surface area contributed by atoms with E-state index in [4.69, 9.17) is 0 Å². The number of nitrogens with one attached hydrogen (secondary N) is 2. The van der Waals surface area contributed by atoms with Gasteiger partial charge in [0.25, 0.3) is 5.91 Å². The van der Waals surface area contributed by atoms with Crippen LogP contribution in [-0.2, 0) is 6.42 Å². The molecule has 5 nitrogen and oxygen atoms in total. The van der Waals surface area contributed by atoms with E-state index < -0.39 is 6.10 Å². The molecule has 3 N–H and O–H groups in total. The van der Waals surface area contributed by atoms with Gasteiger partial charge in [-0.05, 0) is 42.5 Å². The molecule has 1 saturated heterocycles. The van der Waals surface area contributed by atoms with Crippen LogP contribution in [0.25, 0.3) is 0 Å². The number of hydrogen-bond donors (Lipinski definition) is 3. The number of aliphatic hydroxyl groups is 1. The van der Waals surface area contributed by atoms with Crippen LogP contribution in [0, 0.1) is 0 Å². The molecule has 2 atom stereocenters. The van der Waals surface area contributed by atoms with Crippen molar-refractivity contribution in [2.24, 2.45) is 0 Å². The quantitative estimate of drug-likeness (QED) is 0.807. The summed E-state index contributed by atoms with van der Waals surface area (Å²) >= 11 is 0. The van der Waals surface area contributed by atoms with Gasteiger partial charge in [-0.3, -0.25) is 9.69 Å². The molecule has 0 spiro atoms. The van der Waals surface area contributed by atoms with E-state index in [0.29, 0.717) is 5.69 Å². The number of nitrogens with zero attached hydrogens (tertiary/aromatic N) is 1. The Morgan fingerprint density at radius 1 is 1.17 bits per heavy atom. The molecule has 2 aromatic rings. The first-order valence-corrected chi connectivity index (χ1v) is 8.66. The second-order valence-corrected chi connectivity index (χ2v) is 6.78. The lowest BCUT2D eigenvalue weighted by Crippen LogP contribution is -2.49. The summed E-state index contributed by atoms with van der Waals surface area (Å²) in [5.74, 6) is -0.0354. The smallest absolute Gasteiger partial charge is 0.267 e. The second-order valence-electron chi connectivity index (χ2n) is 6.78. The Balaban J connectivity index is 1.33. The standard InChI is InChI=1S/C19H23N3O2/c23-18-15-5-2-1-4-13(15)12-17(18)22-10-7-14(8-11-22)21-19(24)16-6-3-9-20-16/h1-6,9,14,17-18,20,23H,7-8,10-12H2,(H,21,24)/t17-,18-/m1/s1. The van der Waals surface area contributed by atoms with Gasteiger partial charge in [0.1, 0.15) is 5.69 Å². The summed E-state index contributed by atoms with van der Waals surface area (Å²) in [4.78, 5) is 17.4. The molecule has 2 aliphatic rings. The molecule has 4 rings (SSSR count). The topological polar surface area (TPSA) is 68.4 Å². The molecule has 126 valence electrons. The minimum Gasteiger partial charge on any atom is -0.387 e. The maximum absolute atomic E-state index is 12.1. The molecule has 0 bridgehead atoms. The van der Waals surface area contributed by atoms with Crippen LogP contribution in [0.15, 0.2) is 42.6 Å². The molecule has 0 unspecified atom stereocenters. The van der Waals surface area contributed by atoms with Crippen molar-refractivity contribution in [2.75, 3.05) is 13.1 Å². The molecule has 2 heterocycles. The normalized spacial score (nSPS) is 24.7. The van der Waals surface area contributed by atoms with Gasteiger partial charge in [0.2, 0.25) is 0 Å². The Labute approximate surface area is 141 Å². The van der Waals surface area contributed by atoms with Gasteiger partial charge in [-0.25, -0.2) is 0 Å². The minimum atomic E-state index is -0.397. The number of likely N-dealkylation sites (tertiary alicyclic amines) is 1. The SMILES string of the molecule is O=C(NC1CCN([C@@H]2Cc3ccccc3[C@H]2O)CC1)c1ccc[nH]1. The molecule has 1 fully saturated rings. The molecular formula is C19H23N3O2. The molecule has 1 aliphatic carbocycles. The molecule has 0 radical (unpaired) electrons. The highest BCUT2D eigenvalue weighted by Gasteiger charge is 2.36. The minimum absolute atomic E-state index is 0.0354. The van der Waals surface area contributed by atoms with Crippen molar-refractivity contribution in [3.63, 3.8) is 0 Å². The van der Waals surface area contributed by atoms with Crippen LogP contribution in [0.5, 0.6) is 0 Å². The molecule has 0 saturated carbocycles. The summed E-state index contributed by atoms with van der Waals surface area (Å²) in [7, 11) is 0. The van der Waals surface area contributed by atoms with Gasteiger partial charge in [-0.15, -0.1) is 0 Å². The van der Waals surface area contributed by atoms with E-state index in [0.717, 1.165) is 37.9 Å². The van der Waals surface area contributed by atoms with Crippen molar-refractivity contribution in [3.8, 4) is 0 Å². The predicted octanol–water partition coefficient (Wildman–Crippen LogP) is 1.87. The van der Waals surface area contributed by atoms with Gasteiger partial charge in [0.15, 0.2) is 0 Å². The summed E-state index contributed by atoms with van der Waals surface area (Å²) in [5.41, 5.74) is 2.95. The zero-order chi connectivity index (χ0) is 16.5. The number of amides is 1. The zero-order valence-electron chi connectivity index (χ0n) is 13.6. The van der Waals surface area contributed by atoms with Crippen LogP contribution in [0.1, 0.15) is 40.6 Å². The number of fused-ring (bicyclic) bond motifs is 1. The fourth-order valence-electron chi connectivity index (χ4n) is 3.99. The average molecular weight is 325 g/mol. The summed E-state index contributed by atoms with van der Waals surface area (Å²) in [6.07, 6.45) is 4.12. The van der Waals surface area contributed by atoms with Crippen molar-refractivity contribution in [1.82, 2.24) is 15.2 Å². The summed E-state index contributed by atoms with van der Waals surface area (Å²) in [5, 5.41) is 13.7. The van der Waals surface area contributed by atoms with Gasteiger partial charge in [-0.1, -0.05) is 24.3 Å². The lowest BCUT2D eigenvalue weighted by Gasteiger charge is -2.37. The van der Waals surface area contributed by atoms with E-state index in [1.54, 1.807) is 12.3 Å². The highest BCUT2D eigenvalue weighted by Crippen LogP contribution is 2.35. The molecule has 24 heavy (non-hydrogen) atoms. The van der Waals surface area contributed by atoms with Gasteiger partial charge in [0, 0.05) is 31.4 Å². The van der Waals surface area contributed by atoms with Crippen molar-refractivity contribution in [1.29, 1.82) is 0 Å². The average Bonchev–Trinajstić information content (AvgIpc) is 3.25. The van der Waals surface area contributed by atoms with E-state index in [1.165, 1.54) is 5.56 Å². The predicted molar refractivity (Wildman–Crippen MR) is 91.7 cm³/mol. The Morgan fingerprint density at radius 2 is 1.96 bits per heavy atom. The number of carbonyl (C=O) groups is 1. The number of aromatic amines is 1. The van der Waals surface area contributed by atoms with E-state index >= 15 is 0 Å². The third kappa shape index (κ3) is 2.85. The van der Waals surface area contributed by atoms with E-state index in [-0.39, 0.29) is 18.0 Å². The van der Waals surface area contributed by atoms with E-state index in [2.05, 4.69) is 21.3 Å². The first-order valence-electron chi connectivity index (χ1n) is 8.66. The number of piperidine rings is 1. The number of hydrogen-bond acceptors (Lipinski definition) is 3. The molecule has 1 aliphatic heterocycles. The van der Waals surface area contributed by atoms with Gasteiger partial charge in [-0.2, -0.15) is 0 Å². The van der Waals surface area contributed by atoms with Crippen LogP contribution in [-0.4, -0.2) is 46.1 Å². The Hall–Kier alpha value is -2.11. The fraction of sp³-hybridized carbons (Fsp3) is 0.421. The van der Waals surface area contributed by atoms with Crippen LogP contribution in [0.4, 0.5) is 0 Å². The summed E-state index contributed by atoms with van der Waals surface area (Å²) in [6, 6.07) is 12.2. The lowest BCUT2D eigenvalue weighted by molar-refractivity contribution is 0.0427. The molecule has 1 amide bonds. The first-order chi connectivity index (χ1) is 11.7.